The second kappa shape index (κ2) is 7.12. The van der Waals surface area contributed by atoms with E-state index in [1.54, 1.807) is 0 Å². The highest BCUT2D eigenvalue weighted by molar-refractivity contribution is 6.09. The van der Waals surface area contributed by atoms with Crippen LogP contribution < -0.4 is 4.90 Å². The van der Waals surface area contributed by atoms with E-state index < -0.39 is 23.5 Å². The first-order valence-corrected chi connectivity index (χ1v) is 8.65. The Balaban J connectivity index is 1.90. The fraction of sp³-hybridized carbons (Fsp3) is 0.150. The molecule has 0 atom stereocenters. The molecule has 2 heterocycles. The van der Waals surface area contributed by atoms with Gasteiger partial charge in [0.25, 0.3) is 0 Å². The fourth-order valence-electron chi connectivity index (χ4n) is 3.31. The molecule has 0 unspecified atom stereocenters. The van der Waals surface area contributed by atoms with Gasteiger partial charge in [-0.15, -0.1) is 0 Å². The van der Waals surface area contributed by atoms with Crippen LogP contribution in [-0.2, 0) is 12.4 Å². The quantitative estimate of drug-likeness (QED) is 0.491. The second-order valence-electron chi connectivity index (χ2n) is 6.46. The Bertz CT molecular complexity index is 1120. The smallest absolute Gasteiger partial charge is 0.332 e. The average molecular weight is 422 g/mol. The number of hydrogen-bond donors (Lipinski definition) is 0. The van der Waals surface area contributed by atoms with Gasteiger partial charge in [0.2, 0.25) is 0 Å². The van der Waals surface area contributed by atoms with Gasteiger partial charge in [0, 0.05) is 5.56 Å². The van der Waals surface area contributed by atoms with E-state index >= 15 is 0 Å². The first-order valence-electron chi connectivity index (χ1n) is 8.65. The Hall–Kier alpha value is -3.43. The number of aromatic nitrogens is 2. The van der Waals surface area contributed by atoms with Gasteiger partial charge in [0.05, 0.1) is 47.2 Å². The molecule has 4 nitrogen and oxygen atoms in total. The third kappa shape index (κ3) is 3.60. The maximum absolute atomic E-state index is 13.6. The summed E-state index contributed by atoms with van der Waals surface area (Å²) in [6.45, 7) is -0.307. The zero-order valence-corrected chi connectivity index (χ0v) is 15.0. The molecule has 4 rings (SSSR count). The molecule has 154 valence electrons. The van der Waals surface area contributed by atoms with Gasteiger partial charge in [-0.05, 0) is 18.2 Å². The molecule has 0 spiro atoms. The molecule has 1 aliphatic rings. The predicted octanol–water partition coefficient (Wildman–Crippen LogP) is 5.79. The summed E-state index contributed by atoms with van der Waals surface area (Å²) in [7, 11) is 0. The number of nitrogens with zero attached hydrogens (tertiary/aromatic N) is 4. The van der Waals surface area contributed by atoms with Crippen LogP contribution in [0, 0.1) is 0 Å². The molecule has 1 aliphatic heterocycles. The lowest BCUT2D eigenvalue weighted by molar-refractivity contribution is -0.138. The molecule has 10 heteroatoms. The van der Waals surface area contributed by atoms with Crippen LogP contribution in [0.3, 0.4) is 0 Å². The molecule has 3 aromatic rings. The number of benzene rings is 2. The molecule has 0 fully saturated rings. The summed E-state index contributed by atoms with van der Waals surface area (Å²) in [4.78, 5) is 5.50. The average Bonchev–Trinajstić information content (AvgIpc) is 2.72. The van der Waals surface area contributed by atoms with Gasteiger partial charge in [-0.3, -0.25) is 0 Å². The molecule has 0 N–H and O–H groups in total. The first kappa shape index (κ1) is 19.9. The SMILES string of the molecule is FC(F)(F)c1ccccc1C1=Nc2cnncc2N(c2ccccc2C(F)(F)F)C1. The van der Waals surface area contributed by atoms with E-state index in [-0.39, 0.29) is 34.9 Å². The number of alkyl halides is 6. The van der Waals surface area contributed by atoms with Gasteiger partial charge >= 0.3 is 12.4 Å². The van der Waals surface area contributed by atoms with Crippen molar-refractivity contribution in [1.82, 2.24) is 10.2 Å². The van der Waals surface area contributed by atoms with Crippen molar-refractivity contribution in [2.75, 3.05) is 11.4 Å². The number of para-hydroxylation sites is 1. The minimum Gasteiger partial charge on any atom is -0.332 e. The van der Waals surface area contributed by atoms with Gasteiger partial charge in [-0.25, -0.2) is 4.99 Å². The number of anilines is 2. The number of aliphatic imine (C=N–C) groups is 1. The Kier molecular flexibility index (Phi) is 4.71. The maximum atomic E-state index is 13.6. The summed E-state index contributed by atoms with van der Waals surface area (Å²) in [5.41, 5.74) is -1.94. The Morgan fingerprint density at radius 2 is 1.30 bits per heavy atom. The summed E-state index contributed by atoms with van der Waals surface area (Å²) in [5.74, 6) is 0. The molecule has 1 aromatic heterocycles. The number of rotatable bonds is 2. The molecule has 0 aliphatic carbocycles. The van der Waals surface area contributed by atoms with Crippen molar-refractivity contribution in [3.8, 4) is 0 Å². The van der Waals surface area contributed by atoms with E-state index in [4.69, 9.17) is 0 Å². The summed E-state index contributed by atoms with van der Waals surface area (Å²) >= 11 is 0. The van der Waals surface area contributed by atoms with Crippen LogP contribution in [0.15, 0.2) is 65.9 Å². The van der Waals surface area contributed by atoms with Crippen LogP contribution in [-0.4, -0.2) is 22.5 Å². The lowest BCUT2D eigenvalue weighted by atomic mass is 9.99. The molecule has 0 amide bonds. The maximum Gasteiger partial charge on any atom is 0.418 e. The van der Waals surface area contributed by atoms with Crippen molar-refractivity contribution in [1.29, 1.82) is 0 Å². The van der Waals surface area contributed by atoms with Crippen LogP contribution >= 0.6 is 0 Å². The molecule has 0 saturated heterocycles. The fourth-order valence-corrected chi connectivity index (χ4v) is 3.31. The highest BCUT2D eigenvalue weighted by atomic mass is 19.4. The third-order valence-electron chi connectivity index (χ3n) is 4.59. The lowest BCUT2D eigenvalue weighted by Crippen LogP contribution is -2.32. The molecule has 0 radical (unpaired) electrons. The van der Waals surface area contributed by atoms with Gasteiger partial charge < -0.3 is 4.90 Å². The van der Waals surface area contributed by atoms with Gasteiger partial charge in [0.15, 0.2) is 0 Å². The van der Waals surface area contributed by atoms with Crippen molar-refractivity contribution in [3.63, 3.8) is 0 Å². The van der Waals surface area contributed by atoms with Gasteiger partial charge in [-0.1, -0.05) is 30.3 Å². The standard InChI is InChI=1S/C20H12F6N4/c21-19(22,23)13-6-2-1-5-12(13)16-11-30(18-10-28-27-9-15(18)29-16)17-8-4-3-7-14(17)20(24,25)26/h1-10H,11H2. The predicted molar refractivity (Wildman–Crippen MR) is 98.1 cm³/mol. The van der Waals surface area contributed by atoms with E-state index in [1.165, 1.54) is 53.7 Å². The van der Waals surface area contributed by atoms with Crippen LogP contribution in [0.25, 0.3) is 0 Å². The van der Waals surface area contributed by atoms with Crippen molar-refractivity contribution in [3.05, 3.63) is 77.6 Å². The van der Waals surface area contributed by atoms with E-state index in [0.29, 0.717) is 0 Å². The topological polar surface area (TPSA) is 41.4 Å². The minimum atomic E-state index is -4.66. The second-order valence-corrected chi connectivity index (χ2v) is 6.46. The Morgan fingerprint density at radius 3 is 2.00 bits per heavy atom. The van der Waals surface area contributed by atoms with E-state index in [0.717, 1.165) is 12.1 Å². The number of halogens is 6. The molecule has 0 bridgehead atoms. The Morgan fingerprint density at radius 1 is 0.700 bits per heavy atom. The molecule has 30 heavy (non-hydrogen) atoms. The zero-order valence-electron chi connectivity index (χ0n) is 15.0. The highest BCUT2D eigenvalue weighted by Crippen LogP contribution is 2.43. The van der Waals surface area contributed by atoms with Crippen molar-refractivity contribution >= 4 is 22.8 Å². The van der Waals surface area contributed by atoms with E-state index in [1.807, 2.05) is 0 Å². The van der Waals surface area contributed by atoms with Gasteiger partial charge in [-0.2, -0.15) is 36.5 Å². The lowest BCUT2D eigenvalue weighted by Gasteiger charge is -2.32. The van der Waals surface area contributed by atoms with Crippen molar-refractivity contribution in [2.24, 2.45) is 4.99 Å². The first-order chi connectivity index (χ1) is 14.2. The van der Waals surface area contributed by atoms with E-state index in [2.05, 4.69) is 15.2 Å². The summed E-state index contributed by atoms with van der Waals surface area (Å²) in [6.07, 6.45) is -6.87. The van der Waals surface area contributed by atoms with Crippen LogP contribution in [0.5, 0.6) is 0 Å². The zero-order chi connectivity index (χ0) is 21.5. The highest BCUT2D eigenvalue weighted by Gasteiger charge is 2.38. The van der Waals surface area contributed by atoms with Crippen molar-refractivity contribution < 1.29 is 26.3 Å². The van der Waals surface area contributed by atoms with Crippen molar-refractivity contribution in [2.45, 2.75) is 12.4 Å². The summed E-state index contributed by atoms with van der Waals surface area (Å²) < 4.78 is 81.3. The number of fused-ring (bicyclic) bond motifs is 1. The molecular weight excluding hydrogens is 410 g/mol. The van der Waals surface area contributed by atoms with E-state index in [9.17, 15) is 26.3 Å². The van der Waals surface area contributed by atoms with Crippen LogP contribution in [0.4, 0.5) is 43.4 Å². The molecular formula is C20H12F6N4. The van der Waals surface area contributed by atoms with Gasteiger partial charge in [0.1, 0.15) is 5.69 Å². The Labute approximate surface area is 166 Å². The third-order valence-corrected chi connectivity index (χ3v) is 4.59. The largest absolute Gasteiger partial charge is 0.418 e. The minimum absolute atomic E-state index is 0.0274. The monoisotopic (exact) mass is 422 g/mol. The molecule has 2 aromatic carbocycles. The summed E-state index contributed by atoms with van der Waals surface area (Å²) in [6, 6.07) is 9.66. The number of hydrogen-bond acceptors (Lipinski definition) is 4. The van der Waals surface area contributed by atoms with Crippen LogP contribution in [0.2, 0.25) is 0 Å². The van der Waals surface area contributed by atoms with Crippen LogP contribution in [0.1, 0.15) is 16.7 Å². The molecule has 0 saturated carbocycles. The summed E-state index contributed by atoms with van der Waals surface area (Å²) in [5, 5.41) is 7.37. The normalized spacial score (nSPS) is 14.3.